The largest absolute Gasteiger partial charge is 0.507 e. The zero-order chi connectivity index (χ0) is 18.0. The van der Waals surface area contributed by atoms with Crippen molar-refractivity contribution in [2.45, 2.75) is 39.0 Å². The first-order valence-electron chi connectivity index (χ1n) is 7.84. The number of aryl methyl sites for hydroxylation is 1. The number of carbonyl (C=O) groups excluding carboxylic acids is 1. The van der Waals surface area contributed by atoms with E-state index in [1.54, 1.807) is 13.0 Å². The van der Waals surface area contributed by atoms with Crippen molar-refractivity contribution in [1.82, 2.24) is 0 Å². The smallest absolute Gasteiger partial charge is 0.303 e. The normalized spacial score (nSPS) is 20.6. The highest BCUT2D eigenvalue weighted by molar-refractivity contribution is 5.96. The van der Waals surface area contributed by atoms with Gasteiger partial charge in [-0.1, -0.05) is 18.2 Å². The number of phenols is 2. The van der Waals surface area contributed by atoms with Gasteiger partial charge in [0.15, 0.2) is 5.78 Å². The van der Waals surface area contributed by atoms with Gasteiger partial charge in [-0.05, 0) is 49.5 Å². The Morgan fingerprint density at radius 3 is 2.38 bits per heavy atom. The van der Waals surface area contributed by atoms with Crippen molar-refractivity contribution in [1.29, 1.82) is 0 Å². The molecule has 0 radical (unpaired) electrons. The van der Waals surface area contributed by atoms with E-state index in [2.05, 4.69) is 6.58 Å². The fourth-order valence-corrected chi connectivity index (χ4v) is 3.15. The molecular formula is C19H22O5. The standard InChI is InChI=1S/C19H22O5/c1-10(2)13-9-15(20)11(3)6-14(13)19-16(21)7-12(8-17(19)22)4-5-18(23)24/h6-8,13-14,21-22H,1,4-5,9H2,2-3H3,(H,23,24)/t13-,14?/m0/s1. The van der Waals surface area contributed by atoms with Crippen LogP contribution in [0.5, 0.6) is 11.5 Å². The van der Waals surface area contributed by atoms with E-state index in [9.17, 15) is 19.8 Å². The molecular weight excluding hydrogens is 308 g/mol. The summed E-state index contributed by atoms with van der Waals surface area (Å²) in [5.74, 6) is -1.62. The van der Waals surface area contributed by atoms with Crippen LogP contribution < -0.4 is 0 Å². The molecule has 2 atom stereocenters. The number of Topliss-reactive ketones (excluding diaryl/α,β-unsaturated/α-hetero) is 1. The van der Waals surface area contributed by atoms with Gasteiger partial charge < -0.3 is 15.3 Å². The Bertz CT molecular complexity index is 706. The monoisotopic (exact) mass is 330 g/mol. The van der Waals surface area contributed by atoms with E-state index in [0.29, 0.717) is 23.1 Å². The van der Waals surface area contributed by atoms with Crippen LogP contribution in [0.3, 0.4) is 0 Å². The van der Waals surface area contributed by atoms with E-state index in [1.165, 1.54) is 12.1 Å². The first-order valence-corrected chi connectivity index (χ1v) is 7.84. The van der Waals surface area contributed by atoms with Crippen LogP contribution in [-0.2, 0) is 16.0 Å². The third-order valence-corrected chi connectivity index (χ3v) is 4.50. The minimum absolute atomic E-state index is 0.0382. The number of benzene rings is 1. The quantitative estimate of drug-likeness (QED) is 0.720. The second kappa shape index (κ2) is 6.91. The zero-order valence-electron chi connectivity index (χ0n) is 13.9. The lowest BCUT2D eigenvalue weighted by Crippen LogP contribution is -2.23. The highest BCUT2D eigenvalue weighted by Crippen LogP contribution is 2.45. The third kappa shape index (κ3) is 3.67. The number of aliphatic carboxylic acids is 1. The van der Waals surface area contributed by atoms with Crippen LogP contribution in [-0.4, -0.2) is 27.1 Å². The number of ketones is 1. The summed E-state index contributed by atoms with van der Waals surface area (Å²) in [5, 5.41) is 29.5. The molecule has 1 aliphatic rings. The molecule has 2 rings (SSSR count). The Morgan fingerprint density at radius 2 is 1.88 bits per heavy atom. The van der Waals surface area contributed by atoms with Crippen LogP contribution >= 0.6 is 0 Å². The minimum Gasteiger partial charge on any atom is -0.507 e. The maximum absolute atomic E-state index is 12.0. The molecule has 0 saturated heterocycles. The maximum atomic E-state index is 12.0. The van der Waals surface area contributed by atoms with Crippen molar-refractivity contribution in [2.24, 2.45) is 5.92 Å². The number of allylic oxidation sites excluding steroid dienone is 3. The van der Waals surface area contributed by atoms with E-state index in [-0.39, 0.29) is 42.0 Å². The van der Waals surface area contributed by atoms with Gasteiger partial charge in [0.25, 0.3) is 0 Å². The lowest BCUT2D eigenvalue weighted by Gasteiger charge is -2.30. The highest BCUT2D eigenvalue weighted by atomic mass is 16.4. The maximum Gasteiger partial charge on any atom is 0.303 e. The molecule has 5 heteroatoms. The lowest BCUT2D eigenvalue weighted by molar-refractivity contribution is -0.137. The lowest BCUT2D eigenvalue weighted by atomic mass is 9.73. The van der Waals surface area contributed by atoms with E-state index in [4.69, 9.17) is 5.11 Å². The van der Waals surface area contributed by atoms with Crippen LogP contribution in [0.25, 0.3) is 0 Å². The van der Waals surface area contributed by atoms with Crippen molar-refractivity contribution in [3.8, 4) is 11.5 Å². The summed E-state index contributed by atoms with van der Waals surface area (Å²) in [6.45, 7) is 7.48. The van der Waals surface area contributed by atoms with Crippen LogP contribution in [0, 0.1) is 5.92 Å². The molecule has 1 unspecified atom stereocenters. The van der Waals surface area contributed by atoms with Gasteiger partial charge in [-0.25, -0.2) is 0 Å². The average Bonchev–Trinajstić information content (AvgIpc) is 2.47. The van der Waals surface area contributed by atoms with Crippen molar-refractivity contribution < 1.29 is 24.9 Å². The number of hydrogen-bond donors (Lipinski definition) is 3. The van der Waals surface area contributed by atoms with Gasteiger partial charge in [-0.15, -0.1) is 0 Å². The fraction of sp³-hybridized carbons (Fsp3) is 0.368. The summed E-state index contributed by atoms with van der Waals surface area (Å²) in [5.41, 5.74) is 2.32. The molecule has 3 N–H and O–H groups in total. The highest BCUT2D eigenvalue weighted by Gasteiger charge is 2.33. The molecule has 0 amide bonds. The first kappa shape index (κ1) is 17.8. The summed E-state index contributed by atoms with van der Waals surface area (Å²) in [7, 11) is 0. The summed E-state index contributed by atoms with van der Waals surface area (Å²) in [6, 6.07) is 2.96. The number of carbonyl (C=O) groups is 2. The van der Waals surface area contributed by atoms with Crippen LogP contribution in [0.1, 0.15) is 43.7 Å². The second-order valence-electron chi connectivity index (χ2n) is 6.40. The van der Waals surface area contributed by atoms with E-state index < -0.39 is 5.97 Å². The van der Waals surface area contributed by atoms with Crippen LogP contribution in [0.2, 0.25) is 0 Å². The Morgan fingerprint density at radius 1 is 1.29 bits per heavy atom. The number of carboxylic acids is 1. The molecule has 0 fully saturated rings. The van der Waals surface area contributed by atoms with Gasteiger partial charge >= 0.3 is 5.97 Å². The fourth-order valence-electron chi connectivity index (χ4n) is 3.15. The Kier molecular flexibility index (Phi) is 5.12. The van der Waals surface area contributed by atoms with Gasteiger partial charge in [-0.3, -0.25) is 9.59 Å². The van der Waals surface area contributed by atoms with Crippen molar-refractivity contribution in [3.63, 3.8) is 0 Å². The Labute approximate surface area is 140 Å². The van der Waals surface area contributed by atoms with E-state index in [0.717, 1.165) is 5.57 Å². The molecule has 0 spiro atoms. The molecule has 5 nitrogen and oxygen atoms in total. The van der Waals surface area contributed by atoms with E-state index in [1.807, 2.05) is 6.92 Å². The minimum atomic E-state index is -0.940. The van der Waals surface area contributed by atoms with Crippen LogP contribution in [0.15, 0.2) is 35.9 Å². The molecule has 128 valence electrons. The SMILES string of the molecule is C=C(C)[C@@H]1CC(=O)C(C)=CC1c1c(O)cc(CCC(=O)O)cc1O. The zero-order valence-corrected chi connectivity index (χ0v) is 13.9. The topological polar surface area (TPSA) is 94.8 Å². The number of phenolic OH excluding ortho intramolecular Hbond substituents is 2. The molecule has 0 bridgehead atoms. The third-order valence-electron chi connectivity index (χ3n) is 4.50. The summed E-state index contributed by atoms with van der Waals surface area (Å²) < 4.78 is 0. The second-order valence-corrected chi connectivity index (χ2v) is 6.40. The molecule has 0 saturated carbocycles. The predicted octanol–water partition coefficient (Wildman–Crippen LogP) is 3.31. The van der Waals surface area contributed by atoms with Crippen LogP contribution in [0.4, 0.5) is 0 Å². The molecule has 0 aromatic heterocycles. The van der Waals surface area contributed by atoms with E-state index >= 15 is 0 Å². The van der Waals surface area contributed by atoms with Gasteiger partial charge in [0, 0.05) is 24.3 Å². The first-order chi connectivity index (χ1) is 11.2. The molecule has 1 aliphatic carbocycles. The molecule has 0 aliphatic heterocycles. The van der Waals surface area contributed by atoms with Crippen molar-refractivity contribution >= 4 is 11.8 Å². The molecule has 1 aromatic carbocycles. The number of carboxylic acid groups (broad SMARTS) is 1. The Balaban J connectivity index is 2.44. The summed E-state index contributed by atoms with van der Waals surface area (Å²) >= 11 is 0. The van der Waals surface area contributed by atoms with Crippen molar-refractivity contribution in [3.05, 3.63) is 47.1 Å². The summed E-state index contributed by atoms with van der Waals surface area (Å²) in [6.07, 6.45) is 2.20. The predicted molar refractivity (Wildman–Crippen MR) is 90.2 cm³/mol. The number of rotatable bonds is 5. The van der Waals surface area contributed by atoms with Gasteiger partial charge in [0.1, 0.15) is 11.5 Å². The molecule has 0 heterocycles. The van der Waals surface area contributed by atoms with Gasteiger partial charge in [-0.2, -0.15) is 0 Å². The average molecular weight is 330 g/mol. The Hall–Kier alpha value is -2.56. The molecule has 24 heavy (non-hydrogen) atoms. The van der Waals surface area contributed by atoms with Gasteiger partial charge in [0.05, 0.1) is 0 Å². The molecule has 1 aromatic rings. The van der Waals surface area contributed by atoms with Crippen molar-refractivity contribution in [2.75, 3.05) is 0 Å². The van der Waals surface area contributed by atoms with Gasteiger partial charge in [0.2, 0.25) is 0 Å². The number of aromatic hydroxyl groups is 2. The summed E-state index contributed by atoms with van der Waals surface area (Å²) in [4.78, 5) is 22.6. The number of hydrogen-bond acceptors (Lipinski definition) is 4.